The molecule has 5 unspecified atom stereocenters. The van der Waals surface area contributed by atoms with Crippen LogP contribution in [-0.2, 0) is 55.8 Å². The van der Waals surface area contributed by atoms with Crippen molar-refractivity contribution in [2.75, 3.05) is 39.6 Å². The van der Waals surface area contributed by atoms with Gasteiger partial charge in [-0.15, -0.1) is 0 Å². The third-order valence-electron chi connectivity index (χ3n) is 17.7. The van der Waals surface area contributed by atoms with Gasteiger partial charge < -0.3 is 34.2 Å². The molecule has 0 saturated carbocycles. The second-order valence-corrected chi connectivity index (χ2v) is 31.2. The zero-order valence-electron chi connectivity index (χ0n) is 68.4. The van der Waals surface area contributed by atoms with E-state index in [1.807, 2.05) is 0 Å². The molecule has 0 saturated heterocycles. The zero-order chi connectivity index (χ0) is 79.4. The Morgan fingerprint density at radius 2 is 0.486 bits per heavy atom. The predicted octanol–water partition coefficient (Wildman–Crippen LogP) is 25.8. The summed E-state index contributed by atoms with van der Waals surface area (Å²) in [6.45, 7) is 2.51. The minimum Gasteiger partial charge on any atom is -0.463 e. The first-order valence-electron chi connectivity index (χ1n) is 42.8. The van der Waals surface area contributed by atoms with E-state index in [1.165, 1.54) is 96.3 Å². The van der Waals surface area contributed by atoms with E-state index in [2.05, 4.69) is 179 Å². The summed E-state index contributed by atoms with van der Waals surface area (Å²) >= 11 is 0. The molecule has 0 amide bonds. The molecule has 0 heterocycles. The summed E-state index contributed by atoms with van der Waals surface area (Å²) < 4.78 is 61.4. The molecular weight excluding hydrogens is 1410 g/mol. The maximum Gasteiger partial charge on any atom is 0.472 e. The molecule has 4 N–H and O–H groups in total. The van der Waals surface area contributed by atoms with Gasteiger partial charge in [0.15, 0.2) is 6.10 Å². The lowest BCUT2D eigenvalue weighted by molar-refractivity contribution is -0.161. The van der Waals surface area contributed by atoms with Crippen molar-refractivity contribution < 1.29 is 75.8 Å². The SMILES string of the molecule is CC/C=C\C/C=C\C/C=C\C/C=C\C/C=C\CCCCCCCCCC(=O)OCC(COP(=O)(O)OCC(O)COP(=O)(O)OCC(O)COC(=O)CCCCCCCCCCCCC/C=C\C/C=C\C/C=C\C/C=C\CCCCC)OC(=O)CCCCCCCCC/C=C\C/C=C\C/C=C\C/C=C\CCCCC. The van der Waals surface area contributed by atoms with Gasteiger partial charge in [0, 0.05) is 19.3 Å². The van der Waals surface area contributed by atoms with Gasteiger partial charge in [0.25, 0.3) is 0 Å². The van der Waals surface area contributed by atoms with Gasteiger partial charge in [-0.05, 0) is 154 Å². The van der Waals surface area contributed by atoms with Crippen LogP contribution >= 0.6 is 15.6 Å². The van der Waals surface area contributed by atoms with Crippen LogP contribution in [0.3, 0.4) is 0 Å². The number of allylic oxidation sites excluding steroid dienone is 26. The Hall–Kier alpha value is -4.83. The van der Waals surface area contributed by atoms with Crippen molar-refractivity contribution >= 4 is 33.6 Å². The summed E-state index contributed by atoms with van der Waals surface area (Å²) in [5, 5.41) is 20.7. The average molecular weight is 1570 g/mol. The van der Waals surface area contributed by atoms with Gasteiger partial charge >= 0.3 is 33.6 Å². The molecule has 0 rings (SSSR count). The molecule has 0 spiro atoms. The monoisotopic (exact) mass is 1570 g/mol. The molecule has 0 radical (unpaired) electrons. The fourth-order valence-electron chi connectivity index (χ4n) is 11.2. The molecular formula is C91H154O16P2. The number of phosphoric acid groups is 2. The van der Waals surface area contributed by atoms with E-state index in [4.69, 9.17) is 32.3 Å². The first kappa shape index (κ1) is 104. The maximum atomic E-state index is 13.0. The maximum absolute atomic E-state index is 13.0. The summed E-state index contributed by atoms with van der Waals surface area (Å²) in [4.78, 5) is 58.9. The van der Waals surface area contributed by atoms with Gasteiger partial charge in [0.1, 0.15) is 25.4 Å². The molecule has 0 aliphatic carbocycles. The largest absolute Gasteiger partial charge is 0.472 e. The highest BCUT2D eigenvalue weighted by atomic mass is 31.2. The predicted molar refractivity (Wildman–Crippen MR) is 454 cm³/mol. The summed E-state index contributed by atoms with van der Waals surface area (Å²) in [6.07, 6.45) is 104. The smallest absolute Gasteiger partial charge is 0.463 e. The van der Waals surface area contributed by atoms with Crippen LogP contribution < -0.4 is 0 Å². The van der Waals surface area contributed by atoms with E-state index in [0.29, 0.717) is 19.3 Å². The first-order chi connectivity index (χ1) is 53.2. The second-order valence-electron chi connectivity index (χ2n) is 28.2. The summed E-state index contributed by atoms with van der Waals surface area (Å²) in [5.41, 5.74) is 0. The van der Waals surface area contributed by atoms with Crippen LogP contribution in [0.2, 0.25) is 0 Å². The van der Waals surface area contributed by atoms with Crippen LogP contribution in [-0.4, -0.2) is 95.9 Å². The Kier molecular flexibility index (Phi) is 79.0. The van der Waals surface area contributed by atoms with E-state index >= 15 is 0 Å². The van der Waals surface area contributed by atoms with Crippen molar-refractivity contribution in [3.05, 3.63) is 158 Å². The standard InChI is InChI=1S/C91H154O16P2/c1-4-7-10-13-16-19-22-25-28-31-34-37-40-41-42-43-46-48-50-53-56-59-62-65-68-71-74-77-89(94)101-80-86(92)81-103-108(97,98)104-82-87(93)83-105-109(99,100)106-85-88(107-91(96)79-76-73-70-67-64-61-58-55-52-49-45-39-36-33-30-27-24-21-18-15-12-9-6-3)84-102-90(95)78-75-72-69-66-63-60-57-54-51-47-44-38-35-32-29-26-23-20-17-14-11-8-5-2/h8,11,16-21,25-30,34-39,41-42,47,49,51-52,86-88,92-93H,4-7,9-10,12-15,22-24,31-33,40,43-46,48,50,53-85H2,1-3H3,(H,97,98)(H,99,100)/b11-8-,19-16-,20-17-,21-18-,28-25-,29-26-,30-27-,37-34-,38-35-,39-36-,42-41-,51-47-,52-49-. The van der Waals surface area contributed by atoms with Crippen molar-refractivity contribution in [2.45, 2.75) is 360 Å². The number of hydrogen-bond acceptors (Lipinski definition) is 14. The number of rotatable bonds is 80. The Balaban J connectivity index is 4.69. The number of aliphatic hydroxyl groups excluding tert-OH is 2. The highest BCUT2D eigenvalue weighted by molar-refractivity contribution is 7.47. The van der Waals surface area contributed by atoms with Crippen molar-refractivity contribution in [1.29, 1.82) is 0 Å². The zero-order valence-corrected chi connectivity index (χ0v) is 70.2. The van der Waals surface area contributed by atoms with Crippen LogP contribution in [0.15, 0.2) is 158 Å². The lowest BCUT2D eigenvalue weighted by Gasteiger charge is -2.21. The lowest BCUT2D eigenvalue weighted by atomic mass is 10.0. The highest BCUT2D eigenvalue weighted by Crippen LogP contribution is 2.45. The van der Waals surface area contributed by atoms with E-state index in [-0.39, 0.29) is 19.3 Å². The molecule has 0 aliphatic heterocycles. The Bertz CT molecular complexity index is 2610. The summed E-state index contributed by atoms with van der Waals surface area (Å²) in [6, 6.07) is 0. The van der Waals surface area contributed by atoms with Crippen LogP contribution in [0.4, 0.5) is 0 Å². The van der Waals surface area contributed by atoms with Gasteiger partial charge in [-0.3, -0.25) is 32.5 Å². The Morgan fingerprint density at radius 1 is 0.266 bits per heavy atom. The molecule has 624 valence electrons. The number of aliphatic hydroxyl groups is 2. The van der Waals surface area contributed by atoms with Crippen LogP contribution in [0, 0.1) is 0 Å². The number of esters is 3. The lowest BCUT2D eigenvalue weighted by Crippen LogP contribution is -2.30. The van der Waals surface area contributed by atoms with Crippen LogP contribution in [0.25, 0.3) is 0 Å². The number of carbonyl (C=O) groups is 3. The molecule has 109 heavy (non-hydrogen) atoms. The third kappa shape index (κ3) is 83.9. The van der Waals surface area contributed by atoms with Crippen molar-refractivity contribution in [3.63, 3.8) is 0 Å². The summed E-state index contributed by atoms with van der Waals surface area (Å²) in [7, 11) is -9.82. The average Bonchev–Trinajstić information content (AvgIpc) is 0.919. The normalized spacial score (nSPS) is 14.7. The Labute approximate surface area is 663 Å². The van der Waals surface area contributed by atoms with E-state index in [9.17, 15) is 43.5 Å². The summed E-state index contributed by atoms with van der Waals surface area (Å²) in [5.74, 6) is -1.60. The molecule has 18 heteroatoms. The fourth-order valence-corrected chi connectivity index (χ4v) is 12.8. The van der Waals surface area contributed by atoms with E-state index in [0.717, 1.165) is 186 Å². The number of ether oxygens (including phenoxy) is 3. The molecule has 0 aromatic rings. The van der Waals surface area contributed by atoms with Gasteiger partial charge in [-0.2, -0.15) is 0 Å². The molecule has 5 atom stereocenters. The fraction of sp³-hybridized carbons (Fsp3) is 0.681. The molecule has 0 bridgehead atoms. The molecule has 0 aromatic carbocycles. The quantitative estimate of drug-likeness (QED) is 0.0146. The molecule has 0 fully saturated rings. The molecule has 0 aliphatic rings. The third-order valence-corrected chi connectivity index (χ3v) is 19.6. The van der Waals surface area contributed by atoms with Gasteiger partial charge in [-0.1, -0.05) is 326 Å². The molecule has 0 aromatic heterocycles. The number of carbonyl (C=O) groups excluding carboxylic acids is 3. The van der Waals surface area contributed by atoms with E-state index in [1.54, 1.807) is 0 Å². The Morgan fingerprint density at radius 3 is 0.771 bits per heavy atom. The number of unbranched alkanes of at least 4 members (excludes halogenated alkanes) is 31. The van der Waals surface area contributed by atoms with Gasteiger partial charge in [-0.25, -0.2) is 9.13 Å². The van der Waals surface area contributed by atoms with Crippen molar-refractivity contribution in [1.82, 2.24) is 0 Å². The molecule has 16 nitrogen and oxygen atoms in total. The minimum absolute atomic E-state index is 0.0845. The topological polar surface area (TPSA) is 231 Å². The minimum atomic E-state index is -4.95. The van der Waals surface area contributed by atoms with Gasteiger partial charge in [0.2, 0.25) is 0 Å². The second kappa shape index (κ2) is 82.6. The van der Waals surface area contributed by atoms with Crippen LogP contribution in [0.1, 0.15) is 342 Å². The first-order valence-corrected chi connectivity index (χ1v) is 45.8. The number of hydrogen-bond donors (Lipinski definition) is 4. The van der Waals surface area contributed by atoms with Crippen LogP contribution in [0.5, 0.6) is 0 Å². The highest BCUT2D eigenvalue weighted by Gasteiger charge is 2.29. The van der Waals surface area contributed by atoms with Gasteiger partial charge in [0.05, 0.1) is 26.4 Å². The van der Waals surface area contributed by atoms with E-state index < -0.39 is 91.5 Å². The van der Waals surface area contributed by atoms with Crippen molar-refractivity contribution in [2.24, 2.45) is 0 Å². The number of phosphoric ester groups is 2. The van der Waals surface area contributed by atoms with Crippen molar-refractivity contribution in [3.8, 4) is 0 Å².